The monoisotopic (exact) mass is 189 g/mol. The van der Waals surface area contributed by atoms with Crippen LogP contribution in [0.25, 0.3) is 0 Å². The predicted octanol–water partition coefficient (Wildman–Crippen LogP) is 1.28. The van der Waals surface area contributed by atoms with E-state index in [9.17, 15) is 4.79 Å². The van der Waals surface area contributed by atoms with Gasteiger partial charge in [-0.1, -0.05) is 0 Å². The molecule has 1 aromatic heterocycles. The Morgan fingerprint density at radius 2 is 2.14 bits per heavy atom. The van der Waals surface area contributed by atoms with Crippen LogP contribution in [-0.2, 0) is 0 Å². The molecule has 0 N–H and O–H groups in total. The highest BCUT2D eigenvalue weighted by atomic mass is 16.1. The van der Waals surface area contributed by atoms with E-state index in [0.717, 1.165) is 31.5 Å². The lowest BCUT2D eigenvalue weighted by molar-refractivity contribution is 0.0894. The van der Waals surface area contributed by atoms with Gasteiger partial charge in [0.1, 0.15) is 0 Å². The van der Waals surface area contributed by atoms with Gasteiger partial charge in [0.2, 0.25) is 0 Å². The largest absolute Gasteiger partial charge is 0.294 e. The van der Waals surface area contributed by atoms with Gasteiger partial charge in [0.15, 0.2) is 5.78 Å². The van der Waals surface area contributed by atoms with Gasteiger partial charge in [-0.25, -0.2) is 5.32 Å². The van der Waals surface area contributed by atoms with E-state index in [1.54, 1.807) is 18.5 Å². The van der Waals surface area contributed by atoms with E-state index in [1.807, 2.05) is 6.07 Å². The SMILES string of the molecule is O=C(c1cccnc1)C1CC[N]CC1. The number of aromatic nitrogens is 1. The maximum Gasteiger partial charge on any atom is 0.167 e. The Morgan fingerprint density at radius 3 is 2.79 bits per heavy atom. The molecule has 0 bridgehead atoms. The van der Waals surface area contributed by atoms with Crippen LogP contribution in [0.4, 0.5) is 0 Å². The molecule has 0 unspecified atom stereocenters. The molecule has 1 saturated heterocycles. The van der Waals surface area contributed by atoms with Crippen molar-refractivity contribution in [2.24, 2.45) is 5.92 Å². The highest BCUT2D eigenvalue weighted by molar-refractivity contribution is 5.97. The zero-order valence-electron chi connectivity index (χ0n) is 8.02. The maximum atomic E-state index is 11.9. The van der Waals surface area contributed by atoms with Crippen molar-refractivity contribution in [1.82, 2.24) is 10.3 Å². The summed E-state index contributed by atoms with van der Waals surface area (Å²) in [5, 5.41) is 4.24. The van der Waals surface area contributed by atoms with Crippen molar-refractivity contribution in [3.63, 3.8) is 0 Å². The summed E-state index contributed by atoms with van der Waals surface area (Å²) in [6.45, 7) is 1.66. The molecule has 1 radical (unpaired) electrons. The van der Waals surface area contributed by atoms with Gasteiger partial charge in [-0.2, -0.15) is 0 Å². The molecule has 0 amide bonds. The summed E-state index contributed by atoms with van der Waals surface area (Å²) >= 11 is 0. The van der Waals surface area contributed by atoms with Crippen LogP contribution < -0.4 is 5.32 Å². The van der Waals surface area contributed by atoms with Crippen molar-refractivity contribution < 1.29 is 4.79 Å². The molecule has 2 heterocycles. The summed E-state index contributed by atoms with van der Waals surface area (Å²) in [7, 11) is 0. The highest BCUT2D eigenvalue weighted by Crippen LogP contribution is 2.17. The van der Waals surface area contributed by atoms with Gasteiger partial charge in [0, 0.05) is 37.0 Å². The number of hydrogen-bond donors (Lipinski definition) is 0. The molecular formula is C11H13N2O. The third-order valence-electron chi connectivity index (χ3n) is 2.59. The summed E-state index contributed by atoms with van der Waals surface area (Å²) in [5.41, 5.74) is 0.736. The number of piperidine rings is 1. The first-order valence-corrected chi connectivity index (χ1v) is 4.95. The van der Waals surface area contributed by atoms with Gasteiger partial charge in [-0.15, -0.1) is 0 Å². The highest BCUT2D eigenvalue weighted by Gasteiger charge is 2.22. The molecule has 0 saturated carbocycles. The molecule has 1 aliphatic heterocycles. The summed E-state index contributed by atoms with van der Waals surface area (Å²) in [4.78, 5) is 15.9. The number of rotatable bonds is 2. The lowest BCUT2D eigenvalue weighted by atomic mass is 9.90. The van der Waals surface area contributed by atoms with Crippen LogP contribution in [0.2, 0.25) is 0 Å². The van der Waals surface area contributed by atoms with E-state index >= 15 is 0 Å². The van der Waals surface area contributed by atoms with Gasteiger partial charge in [0.05, 0.1) is 0 Å². The Hall–Kier alpha value is -1.22. The fourth-order valence-electron chi connectivity index (χ4n) is 1.76. The number of pyridine rings is 1. The zero-order chi connectivity index (χ0) is 9.80. The molecule has 0 atom stereocenters. The Balaban J connectivity index is 2.07. The van der Waals surface area contributed by atoms with E-state index in [4.69, 9.17) is 0 Å². The Kier molecular flexibility index (Phi) is 2.89. The van der Waals surface area contributed by atoms with Crippen molar-refractivity contribution >= 4 is 5.78 Å². The summed E-state index contributed by atoms with van der Waals surface area (Å²) in [5.74, 6) is 0.393. The van der Waals surface area contributed by atoms with Crippen molar-refractivity contribution in [3.8, 4) is 0 Å². The third kappa shape index (κ3) is 1.99. The first kappa shape index (κ1) is 9.34. The molecule has 1 aromatic rings. The average molecular weight is 189 g/mol. The standard InChI is InChI=1S/C11H13N2O/c14-11(9-3-6-12-7-4-9)10-2-1-5-13-8-10/h1-2,5,8-9H,3-4,6-7H2. The topological polar surface area (TPSA) is 44.1 Å². The number of ketones is 1. The van der Waals surface area contributed by atoms with Crippen molar-refractivity contribution in [1.29, 1.82) is 0 Å². The minimum atomic E-state index is 0.164. The molecule has 14 heavy (non-hydrogen) atoms. The molecule has 0 spiro atoms. The van der Waals surface area contributed by atoms with Gasteiger partial charge in [-0.3, -0.25) is 9.78 Å². The molecule has 0 aromatic carbocycles. The van der Waals surface area contributed by atoms with Crippen molar-refractivity contribution in [2.75, 3.05) is 13.1 Å². The van der Waals surface area contributed by atoms with Gasteiger partial charge >= 0.3 is 0 Å². The van der Waals surface area contributed by atoms with Crippen LogP contribution in [0.5, 0.6) is 0 Å². The Labute approximate surface area is 83.5 Å². The van der Waals surface area contributed by atoms with Crippen LogP contribution >= 0.6 is 0 Å². The van der Waals surface area contributed by atoms with Gasteiger partial charge < -0.3 is 0 Å². The van der Waals surface area contributed by atoms with E-state index in [2.05, 4.69) is 10.3 Å². The maximum absolute atomic E-state index is 11.9. The van der Waals surface area contributed by atoms with Crippen LogP contribution in [0.3, 0.4) is 0 Å². The Morgan fingerprint density at radius 1 is 1.36 bits per heavy atom. The number of Topliss-reactive ketones (excluding diaryl/α,β-unsaturated/α-hetero) is 1. The number of carbonyl (C=O) groups is 1. The molecule has 1 aliphatic rings. The molecule has 1 fully saturated rings. The first-order valence-electron chi connectivity index (χ1n) is 4.95. The van der Waals surface area contributed by atoms with Crippen LogP contribution in [0.1, 0.15) is 23.2 Å². The van der Waals surface area contributed by atoms with Gasteiger partial charge in [-0.05, 0) is 25.0 Å². The summed E-state index contributed by atoms with van der Waals surface area (Å²) in [6.07, 6.45) is 5.13. The summed E-state index contributed by atoms with van der Waals surface area (Å²) in [6, 6.07) is 3.64. The quantitative estimate of drug-likeness (QED) is 0.658. The minimum absolute atomic E-state index is 0.164. The van der Waals surface area contributed by atoms with Crippen molar-refractivity contribution in [3.05, 3.63) is 30.1 Å². The van der Waals surface area contributed by atoms with E-state index in [-0.39, 0.29) is 11.7 Å². The summed E-state index contributed by atoms with van der Waals surface area (Å²) < 4.78 is 0. The molecule has 0 aliphatic carbocycles. The predicted molar refractivity (Wildman–Crippen MR) is 53.2 cm³/mol. The van der Waals surface area contributed by atoms with E-state index in [0.29, 0.717) is 0 Å². The molecular weight excluding hydrogens is 176 g/mol. The van der Waals surface area contributed by atoms with Crippen LogP contribution in [0, 0.1) is 5.92 Å². The number of carbonyl (C=O) groups excluding carboxylic acids is 1. The average Bonchev–Trinajstić information content (AvgIpc) is 2.30. The smallest absolute Gasteiger partial charge is 0.167 e. The van der Waals surface area contributed by atoms with Gasteiger partial charge in [0.25, 0.3) is 0 Å². The van der Waals surface area contributed by atoms with Crippen LogP contribution in [-0.4, -0.2) is 23.9 Å². The second-order valence-corrected chi connectivity index (χ2v) is 3.55. The molecule has 2 rings (SSSR count). The molecule has 3 nitrogen and oxygen atoms in total. The second-order valence-electron chi connectivity index (χ2n) is 3.55. The normalized spacial score (nSPS) is 18.0. The number of nitrogens with zero attached hydrogens (tertiary/aromatic N) is 2. The molecule has 73 valence electrons. The zero-order valence-corrected chi connectivity index (χ0v) is 8.02. The third-order valence-corrected chi connectivity index (χ3v) is 2.59. The minimum Gasteiger partial charge on any atom is -0.294 e. The molecule has 3 heteroatoms. The van der Waals surface area contributed by atoms with Crippen LogP contribution in [0.15, 0.2) is 24.5 Å². The van der Waals surface area contributed by atoms with E-state index in [1.165, 1.54) is 0 Å². The fourth-order valence-corrected chi connectivity index (χ4v) is 1.76. The van der Waals surface area contributed by atoms with E-state index < -0.39 is 0 Å². The lowest BCUT2D eigenvalue weighted by Gasteiger charge is -2.19. The number of hydrogen-bond acceptors (Lipinski definition) is 2. The van der Waals surface area contributed by atoms with Crippen molar-refractivity contribution in [2.45, 2.75) is 12.8 Å². The Bertz CT molecular complexity index is 304. The lowest BCUT2D eigenvalue weighted by Crippen LogP contribution is -2.27. The first-order chi connectivity index (χ1) is 6.88. The fraction of sp³-hybridized carbons (Fsp3) is 0.455. The second kappa shape index (κ2) is 4.33.